The van der Waals surface area contributed by atoms with Crippen molar-refractivity contribution in [3.8, 4) is 0 Å². The quantitative estimate of drug-likeness (QED) is 0.151. The van der Waals surface area contributed by atoms with Crippen LogP contribution in [0, 0.1) is 5.41 Å². The highest BCUT2D eigenvalue weighted by Crippen LogP contribution is 2.44. The summed E-state index contributed by atoms with van der Waals surface area (Å²) >= 11 is 6.25. The zero-order chi connectivity index (χ0) is 38.2. The van der Waals surface area contributed by atoms with E-state index in [4.69, 9.17) is 26.1 Å². The second kappa shape index (κ2) is 15.8. The molecule has 1 fully saturated rings. The Morgan fingerprint density at radius 1 is 1.02 bits per heavy atom. The lowest BCUT2D eigenvalue weighted by atomic mass is 9.72. The van der Waals surface area contributed by atoms with Crippen LogP contribution in [0.15, 0.2) is 66.4 Å². The van der Waals surface area contributed by atoms with E-state index in [-0.39, 0.29) is 17.2 Å². The van der Waals surface area contributed by atoms with Crippen molar-refractivity contribution >= 4 is 59.3 Å². The van der Waals surface area contributed by atoms with Crippen LogP contribution in [0.5, 0.6) is 0 Å². The fraction of sp³-hybridized carbons (Fsp3) is 0.488. The van der Waals surface area contributed by atoms with E-state index in [1.807, 2.05) is 24.4 Å². The molecule has 0 radical (unpaired) electrons. The summed E-state index contributed by atoms with van der Waals surface area (Å²) in [7, 11) is -1.21. The van der Waals surface area contributed by atoms with Crippen LogP contribution in [-0.4, -0.2) is 86.1 Å². The first kappa shape index (κ1) is 38.6. The van der Waals surface area contributed by atoms with Crippen molar-refractivity contribution in [3.05, 3.63) is 88.2 Å². The van der Waals surface area contributed by atoms with Crippen LogP contribution in [-0.2, 0) is 16.1 Å². The van der Waals surface area contributed by atoms with E-state index in [0.717, 1.165) is 91.3 Å². The standard InChI is InChI=1S/C43H56ClN5O4Si/c1-30(53-23-24-54(4,5)6)48-16-14-32-25-40-38(45-41(32)48)29-52-22-21-49(40)39-26-35(11-12-36(39)42(50)51)47-19-17-46(18-20-47)28-33-13-15-43(2,3)27-37(33)31-7-9-34(44)10-8-31/h7-12,14,16,25-26,30H,13,15,17-24,27-29H2,1-6H3,(H,50,51). The number of carbonyl (C=O) groups is 1. The first-order valence-corrected chi connectivity index (χ1v) is 23.6. The summed E-state index contributed by atoms with van der Waals surface area (Å²) < 4.78 is 14.4. The molecule has 0 spiro atoms. The molecular weight excluding hydrogens is 714 g/mol. The molecule has 288 valence electrons. The van der Waals surface area contributed by atoms with Gasteiger partial charge in [0.1, 0.15) is 11.9 Å². The van der Waals surface area contributed by atoms with E-state index in [1.54, 1.807) is 11.6 Å². The number of rotatable bonds is 11. The number of fused-ring (bicyclic) bond motifs is 2. The molecule has 2 aromatic heterocycles. The van der Waals surface area contributed by atoms with Crippen LogP contribution in [0.1, 0.15) is 67.9 Å². The Bertz CT molecular complexity index is 2010. The molecular formula is C43H56ClN5O4Si. The molecule has 0 bridgehead atoms. The van der Waals surface area contributed by atoms with Gasteiger partial charge in [-0.25, -0.2) is 9.78 Å². The third kappa shape index (κ3) is 8.73. The number of piperazine rings is 1. The summed E-state index contributed by atoms with van der Waals surface area (Å²) in [6.45, 7) is 20.6. The van der Waals surface area contributed by atoms with Crippen LogP contribution in [0.2, 0.25) is 30.7 Å². The zero-order valence-electron chi connectivity index (χ0n) is 32.8. The molecule has 1 saturated heterocycles. The highest BCUT2D eigenvalue weighted by molar-refractivity contribution is 6.76. The smallest absolute Gasteiger partial charge is 0.337 e. The summed E-state index contributed by atoms with van der Waals surface area (Å²) in [6, 6.07) is 19.4. The maximum absolute atomic E-state index is 12.7. The van der Waals surface area contributed by atoms with Crippen molar-refractivity contribution in [2.45, 2.75) is 78.6 Å². The summed E-state index contributed by atoms with van der Waals surface area (Å²) in [5.74, 6) is -0.946. The van der Waals surface area contributed by atoms with Gasteiger partial charge < -0.3 is 28.9 Å². The van der Waals surface area contributed by atoms with E-state index in [1.165, 1.54) is 17.6 Å². The van der Waals surface area contributed by atoms with Gasteiger partial charge in [0.05, 0.1) is 35.8 Å². The number of carboxylic acid groups (broad SMARTS) is 1. The molecule has 3 aliphatic rings. The number of aromatic carboxylic acids is 1. The predicted octanol–water partition coefficient (Wildman–Crippen LogP) is 9.72. The molecule has 0 saturated carbocycles. The third-order valence-corrected chi connectivity index (χ3v) is 13.3. The van der Waals surface area contributed by atoms with Crippen molar-refractivity contribution in [2.75, 3.05) is 62.3 Å². The van der Waals surface area contributed by atoms with Gasteiger partial charge in [0, 0.05) is 76.2 Å². The Kier molecular flexibility index (Phi) is 11.3. The van der Waals surface area contributed by atoms with Crippen LogP contribution in [0.4, 0.5) is 17.1 Å². The maximum Gasteiger partial charge on any atom is 0.337 e. The fourth-order valence-corrected chi connectivity index (χ4v) is 8.93. The topological polar surface area (TPSA) is 83.3 Å². The van der Waals surface area contributed by atoms with Crippen molar-refractivity contribution in [1.29, 1.82) is 0 Å². The molecule has 11 heteroatoms. The van der Waals surface area contributed by atoms with Crippen LogP contribution < -0.4 is 9.80 Å². The SMILES string of the molecule is CC(OCC[Si](C)(C)C)n1ccc2cc3c(nc21)COCCN3c1cc(N2CCN(CC3=C(c4ccc(Cl)cc4)CC(C)(C)CC3)CC2)ccc1C(=O)O. The molecule has 9 nitrogen and oxygen atoms in total. The van der Waals surface area contributed by atoms with Gasteiger partial charge in [0.15, 0.2) is 0 Å². The molecule has 1 atom stereocenters. The van der Waals surface area contributed by atoms with Gasteiger partial charge in [-0.2, -0.15) is 0 Å². The number of aromatic nitrogens is 2. The molecule has 54 heavy (non-hydrogen) atoms. The van der Waals surface area contributed by atoms with Gasteiger partial charge in [-0.3, -0.25) is 4.90 Å². The summed E-state index contributed by atoms with van der Waals surface area (Å²) in [4.78, 5) is 24.9. The van der Waals surface area contributed by atoms with Crippen molar-refractivity contribution in [3.63, 3.8) is 0 Å². The van der Waals surface area contributed by atoms with E-state index in [9.17, 15) is 9.90 Å². The van der Waals surface area contributed by atoms with E-state index >= 15 is 0 Å². The van der Waals surface area contributed by atoms with E-state index in [2.05, 4.69) is 90.0 Å². The summed E-state index contributed by atoms with van der Waals surface area (Å²) in [6.07, 6.45) is 5.27. The molecule has 2 aliphatic heterocycles. The van der Waals surface area contributed by atoms with Crippen molar-refractivity contribution in [1.82, 2.24) is 14.5 Å². The highest BCUT2D eigenvalue weighted by atomic mass is 35.5. The Morgan fingerprint density at radius 2 is 1.78 bits per heavy atom. The minimum atomic E-state index is -1.21. The highest BCUT2D eigenvalue weighted by Gasteiger charge is 2.30. The largest absolute Gasteiger partial charge is 0.478 e. The number of nitrogens with zero attached hydrogens (tertiary/aromatic N) is 5. The summed E-state index contributed by atoms with van der Waals surface area (Å²) in [5, 5.41) is 12.2. The molecule has 7 rings (SSSR count). The number of ether oxygens (including phenoxy) is 2. The number of allylic oxidation sites excluding steroid dienone is 1. The van der Waals surface area contributed by atoms with Crippen molar-refractivity contribution < 1.29 is 19.4 Å². The lowest BCUT2D eigenvalue weighted by Gasteiger charge is -2.39. The second-order valence-corrected chi connectivity index (χ2v) is 23.3. The van der Waals surface area contributed by atoms with Crippen LogP contribution >= 0.6 is 11.6 Å². The Morgan fingerprint density at radius 3 is 2.50 bits per heavy atom. The number of pyridine rings is 1. The zero-order valence-corrected chi connectivity index (χ0v) is 34.6. The average Bonchev–Trinajstić information content (AvgIpc) is 3.43. The number of hydrogen-bond donors (Lipinski definition) is 1. The molecule has 1 N–H and O–H groups in total. The number of anilines is 3. The molecule has 4 heterocycles. The minimum absolute atomic E-state index is 0.153. The number of halogens is 1. The van der Waals surface area contributed by atoms with Gasteiger partial charge in [-0.05, 0) is 91.2 Å². The minimum Gasteiger partial charge on any atom is -0.478 e. The van der Waals surface area contributed by atoms with Gasteiger partial charge >= 0.3 is 5.97 Å². The Labute approximate surface area is 326 Å². The van der Waals surface area contributed by atoms with E-state index in [0.29, 0.717) is 25.4 Å². The first-order valence-electron chi connectivity index (χ1n) is 19.5. The molecule has 1 unspecified atom stereocenters. The van der Waals surface area contributed by atoms with Gasteiger partial charge in [0.25, 0.3) is 0 Å². The molecule has 2 aromatic carbocycles. The van der Waals surface area contributed by atoms with Crippen LogP contribution in [0.25, 0.3) is 16.6 Å². The Hall–Kier alpha value is -3.67. The fourth-order valence-electron chi connectivity index (χ4n) is 8.07. The third-order valence-electron chi connectivity index (χ3n) is 11.4. The van der Waals surface area contributed by atoms with Gasteiger partial charge in [0.2, 0.25) is 0 Å². The Balaban J connectivity index is 1.11. The molecule has 1 aliphatic carbocycles. The van der Waals surface area contributed by atoms with Gasteiger partial charge in [-0.15, -0.1) is 0 Å². The lowest BCUT2D eigenvalue weighted by molar-refractivity contribution is 0.0271. The van der Waals surface area contributed by atoms with Crippen molar-refractivity contribution in [2.24, 2.45) is 5.41 Å². The lowest BCUT2D eigenvalue weighted by Crippen LogP contribution is -2.47. The predicted molar refractivity (Wildman–Crippen MR) is 223 cm³/mol. The average molecular weight is 770 g/mol. The maximum atomic E-state index is 12.7. The van der Waals surface area contributed by atoms with E-state index < -0.39 is 14.0 Å². The second-order valence-electron chi connectivity index (χ2n) is 17.3. The molecule has 0 amide bonds. The monoisotopic (exact) mass is 769 g/mol. The normalized spacial score (nSPS) is 18.9. The molecule has 4 aromatic rings. The number of benzene rings is 2. The number of carboxylic acids is 1. The van der Waals surface area contributed by atoms with Crippen LogP contribution in [0.3, 0.4) is 0 Å². The first-order chi connectivity index (χ1) is 25.7. The summed E-state index contributed by atoms with van der Waals surface area (Å²) in [5.41, 5.74) is 9.09. The van der Waals surface area contributed by atoms with Gasteiger partial charge in [-0.1, -0.05) is 62.8 Å². The number of hydrogen-bond acceptors (Lipinski definition) is 7.